The minimum atomic E-state index is 0.874. The number of hydrogen-bond donors (Lipinski definition) is 0. The van der Waals surface area contributed by atoms with Crippen molar-refractivity contribution in [2.75, 3.05) is 0 Å². The Labute approximate surface area is 74.8 Å². The number of aromatic nitrogens is 1. The van der Waals surface area contributed by atoms with Crippen molar-refractivity contribution in [3.05, 3.63) is 16.5 Å². The highest BCUT2D eigenvalue weighted by Crippen LogP contribution is 2.27. The number of alkyl halides is 1. The monoisotopic (exact) mass is 233 g/mol. The normalized spacial score (nSPS) is 10.9. The average Bonchev–Trinajstić information content (AvgIpc) is 2.42. The smallest absolute Gasteiger partial charge is 0.107 e. The van der Waals surface area contributed by atoms with Crippen LogP contribution in [0, 0.1) is 0 Å². The molecule has 10 heavy (non-hydrogen) atoms. The SMILES string of the molecule is BrCc1nc2ccsc2s1. The number of thiazole rings is 1. The topological polar surface area (TPSA) is 12.9 Å². The van der Waals surface area contributed by atoms with Gasteiger partial charge in [0.05, 0.1) is 10.8 Å². The van der Waals surface area contributed by atoms with Crippen molar-refractivity contribution in [1.82, 2.24) is 4.98 Å². The molecule has 0 unspecified atom stereocenters. The molecule has 0 amide bonds. The standard InChI is InChI=1S/C6H4BrNS2/c7-3-5-8-4-1-2-9-6(4)10-5/h1-2H,3H2. The van der Waals surface area contributed by atoms with E-state index in [0.717, 1.165) is 10.8 Å². The third kappa shape index (κ3) is 1.00. The fraction of sp³-hybridized carbons (Fsp3) is 0.167. The molecule has 0 radical (unpaired) electrons. The van der Waals surface area contributed by atoms with Gasteiger partial charge in [0.1, 0.15) is 9.02 Å². The maximum atomic E-state index is 4.37. The third-order valence-electron chi connectivity index (χ3n) is 1.18. The first kappa shape index (κ1) is 6.76. The van der Waals surface area contributed by atoms with Crippen molar-refractivity contribution in [2.24, 2.45) is 0 Å². The molecule has 0 atom stereocenters. The first-order valence-electron chi connectivity index (χ1n) is 2.79. The van der Waals surface area contributed by atoms with Gasteiger partial charge in [-0.15, -0.1) is 22.7 Å². The molecule has 0 bridgehead atoms. The summed E-state index contributed by atoms with van der Waals surface area (Å²) in [6, 6.07) is 2.06. The predicted octanol–water partition coefficient (Wildman–Crippen LogP) is 3.25. The van der Waals surface area contributed by atoms with Crippen molar-refractivity contribution in [3.63, 3.8) is 0 Å². The van der Waals surface area contributed by atoms with Crippen LogP contribution in [0.4, 0.5) is 0 Å². The summed E-state index contributed by atoms with van der Waals surface area (Å²) in [6.45, 7) is 0. The Kier molecular flexibility index (Phi) is 1.76. The zero-order valence-electron chi connectivity index (χ0n) is 5.00. The Hall–Kier alpha value is 0.0700. The van der Waals surface area contributed by atoms with E-state index in [-0.39, 0.29) is 0 Å². The summed E-state index contributed by atoms with van der Waals surface area (Å²) >= 11 is 6.90. The highest BCUT2D eigenvalue weighted by Gasteiger charge is 2.01. The number of rotatable bonds is 1. The van der Waals surface area contributed by atoms with Crippen molar-refractivity contribution in [1.29, 1.82) is 0 Å². The molecular formula is C6H4BrNS2. The second-order valence-electron chi connectivity index (χ2n) is 1.83. The molecule has 0 aliphatic rings. The van der Waals surface area contributed by atoms with E-state index in [4.69, 9.17) is 0 Å². The fourth-order valence-corrected chi connectivity index (χ4v) is 3.07. The Bertz CT molecular complexity index is 309. The zero-order valence-corrected chi connectivity index (χ0v) is 8.22. The summed E-state index contributed by atoms with van der Waals surface area (Å²) < 4.78 is 1.33. The van der Waals surface area contributed by atoms with Gasteiger partial charge < -0.3 is 0 Å². The lowest BCUT2D eigenvalue weighted by molar-refractivity contribution is 1.33. The number of thiophene rings is 1. The maximum Gasteiger partial charge on any atom is 0.107 e. The summed E-state index contributed by atoms with van der Waals surface area (Å²) in [6.07, 6.45) is 0. The molecular weight excluding hydrogens is 230 g/mol. The number of nitrogens with zero attached hydrogens (tertiary/aromatic N) is 1. The number of hydrogen-bond acceptors (Lipinski definition) is 3. The third-order valence-corrected chi connectivity index (χ3v) is 4.18. The molecule has 2 rings (SSSR count). The van der Waals surface area contributed by atoms with Gasteiger partial charge in [-0.25, -0.2) is 4.98 Å². The van der Waals surface area contributed by atoms with E-state index in [1.54, 1.807) is 22.7 Å². The predicted molar refractivity (Wildman–Crippen MR) is 50.1 cm³/mol. The Morgan fingerprint density at radius 1 is 1.60 bits per heavy atom. The Morgan fingerprint density at radius 2 is 2.50 bits per heavy atom. The van der Waals surface area contributed by atoms with Gasteiger partial charge in [0.2, 0.25) is 0 Å². The Morgan fingerprint density at radius 3 is 3.20 bits per heavy atom. The minimum absolute atomic E-state index is 0.874. The average molecular weight is 234 g/mol. The molecule has 2 aromatic heterocycles. The first-order chi connectivity index (χ1) is 4.90. The fourth-order valence-electron chi connectivity index (χ4n) is 0.769. The highest BCUT2D eigenvalue weighted by atomic mass is 79.9. The molecule has 4 heteroatoms. The van der Waals surface area contributed by atoms with Crippen LogP contribution in [0.3, 0.4) is 0 Å². The number of fused-ring (bicyclic) bond motifs is 1. The van der Waals surface area contributed by atoms with Crippen LogP contribution in [0.5, 0.6) is 0 Å². The van der Waals surface area contributed by atoms with E-state index in [9.17, 15) is 0 Å². The quantitative estimate of drug-likeness (QED) is 0.690. The summed E-state index contributed by atoms with van der Waals surface area (Å²) in [4.78, 5) is 4.37. The summed E-state index contributed by atoms with van der Waals surface area (Å²) in [7, 11) is 0. The van der Waals surface area contributed by atoms with Gasteiger partial charge in [-0.05, 0) is 11.4 Å². The summed E-state index contributed by atoms with van der Waals surface area (Å²) in [5.74, 6) is 0. The second-order valence-corrected chi connectivity index (χ2v) is 4.65. The molecule has 0 spiro atoms. The van der Waals surface area contributed by atoms with E-state index >= 15 is 0 Å². The minimum Gasteiger partial charge on any atom is -0.239 e. The lowest BCUT2D eigenvalue weighted by atomic mass is 10.6. The van der Waals surface area contributed by atoms with Crippen molar-refractivity contribution in [2.45, 2.75) is 5.33 Å². The van der Waals surface area contributed by atoms with Gasteiger partial charge in [0.25, 0.3) is 0 Å². The van der Waals surface area contributed by atoms with Crippen molar-refractivity contribution >= 4 is 48.1 Å². The van der Waals surface area contributed by atoms with E-state index in [1.807, 2.05) is 0 Å². The van der Waals surface area contributed by atoms with E-state index in [1.165, 1.54) is 9.02 Å². The molecule has 0 fully saturated rings. The van der Waals surface area contributed by atoms with Crippen LogP contribution >= 0.6 is 38.6 Å². The summed E-state index contributed by atoms with van der Waals surface area (Å²) in [5.41, 5.74) is 1.14. The lowest BCUT2D eigenvalue weighted by Crippen LogP contribution is -1.69. The van der Waals surface area contributed by atoms with Crippen LogP contribution in [0.2, 0.25) is 0 Å². The molecule has 0 aliphatic carbocycles. The molecule has 52 valence electrons. The Balaban J connectivity index is 2.67. The van der Waals surface area contributed by atoms with Gasteiger partial charge in [-0.2, -0.15) is 0 Å². The van der Waals surface area contributed by atoms with E-state index in [2.05, 4.69) is 32.4 Å². The highest BCUT2D eigenvalue weighted by molar-refractivity contribution is 9.08. The van der Waals surface area contributed by atoms with Crippen LogP contribution in [0.1, 0.15) is 5.01 Å². The van der Waals surface area contributed by atoms with Gasteiger partial charge in [0.15, 0.2) is 0 Å². The van der Waals surface area contributed by atoms with Gasteiger partial charge >= 0.3 is 0 Å². The molecule has 2 heterocycles. The molecule has 0 aliphatic heterocycles. The largest absolute Gasteiger partial charge is 0.239 e. The van der Waals surface area contributed by atoms with Crippen LogP contribution in [-0.4, -0.2) is 4.98 Å². The van der Waals surface area contributed by atoms with Crippen LogP contribution in [-0.2, 0) is 5.33 Å². The molecule has 0 saturated carbocycles. The van der Waals surface area contributed by atoms with Crippen LogP contribution in [0.15, 0.2) is 11.4 Å². The lowest BCUT2D eigenvalue weighted by Gasteiger charge is -1.77. The second kappa shape index (κ2) is 2.60. The molecule has 0 N–H and O–H groups in total. The molecule has 0 aromatic carbocycles. The zero-order chi connectivity index (χ0) is 6.97. The first-order valence-corrected chi connectivity index (χ1v) is 5.61. The van der Waals surface area contributed by atoms with Crippen LogP contribution in [0.25, 0.3) is 9.53 Å². The molecule has 0 saturated heterocycles. The van der Waals surface area contributed by atoms with Gasteiger partial charge in [-0.3, -0.25) is 0 Å². The maximum absolute atomic E-state index is 4.37. The van der Waals surface area contributed by atoms with E-state index < -0.39 is 0 Å². The van der Waals surface area contributed by atoms with Crippen molar-refractivity contribution < 1.29 is 0 Å². The van der Waals surface area contributed by atoms with Crippen LogP contribution < -0.4 is 0 Å². The van der Waals surface area contributed by atoms with Crippen molar-refractivity contribution in [3.8, 4) is 0 Å². The summed E-state index contributed by atoms with van der Waals surface area (Å²) in [5, 5.41) is 4.12. The molecule has 2 aromatic rings. The molecule has 1 nitrogen and oxygen atoms in total. The van der Waals surface area contributed by atoms with E-state index in [0.29, 0.717) is 0 Å². The van der Waals surface area contributed by atoms with Gasteiger partial charge in [-0.1, -0.05) is 15.9 Å². The van der Waals surface area contributed by atoms with Gasteiger partial charge in [0, 0.05) is 0 Å². The number of halogens is 1.